The van der Waals surface area contributed by atoms with Gasteiger partial charge in [0.15, 0.2) is 0 Å². The van der Waals surface area contributed by atoms with Gasteiger partial charge < -0.3 is 15.3 Å². The Bertz CT molecular complexity index is 318. The first-order valence-electron chi connectivity index (χ1n) is 6.49. The smallest absolute Gasteiger partial charge is 0.305 e. The molecule has 18 heavy (non-hydrogen) atoms. The molecular formula is C12H20N2O3S. The van der Waals surface area contributed by atoms with Crippen LogP contribution in [0.25, 0.3) is 0 Å². The maximum absolute atomic E-state index is 12.4. The quantitative estimate of drug-likeness (QED) is 0.778. The van der Waals surface area contributed by atoms with E-state index in [4.69, 9.17) is 5.11 Å². The molecule has 2 aliphatic rings. The van der Waals surface area contributed by atoms with Crippen LogP contribution in [0.2, 0.25) is 0 Å². The van der Waals surface area contributed by atoms with E-state index in [-0.39, 0.29) is 24.3 Å². The van der Waals surface area contributed by atoms with Gasteiger partial charge in [-0.1, -0.05) is 0 Å². The lowest BCUT2D eigenvalue weighted by Gasteiger charge is -2.37. The zero-order chi connectivity index (χ0) is 13.0. The van der Waals surface area contributed by atoms with E-state index >= 15 is 0 Å². The molecule has 1 unspecified atom stereocenters. The molecule has 102 valence electrons. The highest BCUT2D eigenvalue weighted by atomic mass is 32.2. The second kappa shape index (κ2) is 6.43. The number of piperidine rings is 1. The maximum atomic E-state index is 12.4. The van der Waals surface area contributed by atoms with E-state index in [1.54, 1.807) is 11.8 Å². The van der Waals surface area contributed by atoms with Crippen molar-refractivity contribution >= 4 is 23.6 Å². The highest BCUT2D eigenvalue weighted by molar-refractivity contribution is 7.99. The average molecular weight is 272 g/mol. The molecule has 2 fully saturated rings. The second-order valence-electron chi connectivity index (χ2n) is 4.90. The molecule has 0 saturated carbocycles. The van der Waals surface area contributed by atoms with Crippen molar-refractivity contribution in [3.8, 4) is 0 Å². The van der Waals surface area contributed by atoms with Crippen molar-refractivity contribution in [2.75, 3.05) is 31.1 Å². The van der Waals surface area contributed by atoms with Crippen LogP contribution in [0, 0.1) is 5.92 Å². The molecule has 2 aliphatic heterocycles. The number of carboxylic acids is 1. The Morgan fingerprint density at radius 3 is 2.94 bits per heavy atom. The van der Waals surface area contributed by atoms with Crippen molar-refractivity contribution < 1.29 is 14.7 Å². The largest absolute Gasteiger partial charge is 0.481 e. The van der Waals surface area contributed by atoms with E-state index in [0.717, 1.165) is 37.4 Å². The Kier molecular flexibility index (Phi) is 4.88. The van der Waals surface area contributed by atoms with Crippen molar-refractivity contribution in [2.45, 2.75) is 25.3 Å². The molecule has 0 spiro atoms. The van der Waals surface area contributed by atoms with Gasteiger partial charge in [-0.15, -0.1) is 0 Å². The first-order valence-corrected chi connectivity index (χ1v) is 7.64. The van der Waals surface area contributed by atoms with E-state index in [1.807, 2.05) is 4.90 Å². The van der Waals surface area contributed by atoms with Gasteiger partial charge in [0.05, 0.1) is 18.4 Å². The minimum atomic E-state index is -0.818. The van der Waals surface area contributed by atoms with Crippen LogP contribution in [-0.2, 0) is 9.59 Å². The molecule has 0 aromatic heterocycles. The molecule has 0 aromatic carbocycles. The van der Waals surface area contributed by atoms with Crippen molar-refractivity contribution in [1.29, 1.82) is 0 Å². The molecule has 1 amide bonds. The van der Waals surface area contributed by atoms with Crippen LogP contribution in [0.15, 0.2) is 0 Å². The molecule has 6 heteroatoms. The molecule has 0 radical (unpaired) electrons. The number of hydrogen-bond acceptors (Lipinski definition) is 4. The molecule has 0 bridgehead atoms. The normalized spacial score (nSPS) is 29.0. The van der Waals surface area contributed by atoms with Crippen LogP contribution in [0.1, 0.15) is 19.3 Å². The summed E-state index contributed by atoms with van der Waals surface area (Å²) in [5, 5.41) is 12.2. The monoisotopic (exact) mass is 272 g/mol. The van der Waals surface area contributed by atoms with Crippen molar-refractivity contribution in [3.05, 3.63) is 0 Å². The maximum Gasteiger partial charge on any atom is 0.305 e. The lowest BCUT2D eigenvalue weighted by atomic mass is 9.97. The van der Waals surface area contributed by atoms with Crippen molar-refractivity contribution in [1.82, 2.24) is 10.2 Å². The Labute approximate surface area is 111 Å². The fraction of sp³-hybridized carbons (Fsp3) is 0.833. The number of aliphatic carboxylic acids is 1. The Morgan fingerprint density at radius 2 is 2.28 bits per heavy atom. The van der Waals surface area contributed by atoms with Gasteiger partial charge in [0, 0.05) is 24.6 Å². The number of thioether (sulfide) groups is 1. The minimum Gasteiger partial charge on any atom is -0.481 e. The summed E-state index contributed by atoms with van der Waals surface area (Å²) in [6, 6.07) is -0.129. The zero-order valence-electron chi connectivity index (χ0n) is 10.4. The molecule has 0 aromatic rings. The van der Waals surface area contributed by atoms with Crippen LogP contribution in [0.4, 0.5) is 0 Å². The van der Waals surface area contributed by atoms with Gasteiger partial charge in [0.2, 0.25) is 5.91 Å². The van der Waals surface area contributed by atoms with Gasteiger partial charge in [0.25, 0.3) is 0 Å². The van der Waals surface area contributed by atoms with Gasteiger partial charge in [-0.25, -0.2) is 0 Å². The summed E-state index contributed by atoms with van der Waals surface area (Å²) in [5.74, 6) is 1.04. The summed E-state index contributed by atoms with van der Waals surface area (Å²) >= 11 is 1.74. The van der Waals surface area contributed by atoms with Crippen LogP contribution >= 0.6 is 11.8 Å². The van der Waals surface area contributed by atoms with Crippen molar-refractivity contribution in [2.24, 2.45) is 5.92 Å². The first kappa shape index (κ1) is 13.7. The summed E-state index contributed by atoms with van der Waals surface area (Å²) in [6.45, 7) is 2.42. The SMILES string of the molecule is O=C(O)CC1CSCCN1C(=O)[C@@H]1CCCNC1. The third-order valence-electron chi connectivity index (χ3n) is 3.57. The zero-order valence-corrected chi connectivity index (χ0v) is 11.2. The summed E-state index contributed by atoms with van der Waals surface area (Å²) in [7, 11) is 0. The van der Waals surface area contributed by atoms with Gasteiger partial charge in [-0.3, -0.25) is 9.59 Å². The Hall–Kier alpha value is -0.750. The predicted octanol–water partition coefficient (Wildman–Crippen LogP) is 0.405. The number of amides is 1. The molecule has 5 nitrogen and oxygen atoms in total. The topological polar surface area (TPSA) is 69.6 Å². The lowest BCUT2D eigenvalue weighted by molar-refractivity contribution is -0.142. The molecule has 2 atom stereocenters. The summed E-state index contributed by atoms with van der Waals surface area (Å²) in [6.07, 6.45) is 2.02. The van der Waals surface area contributed by atoms with E-state index in [0.29, 0.717) is 6.54 Å². The third kappa shape index (κ3) is 3.38. The fourth-order valence-corrected chi connectivity index (χ4v) is 3.68. The standard InChI is InChI=1S/C12H20N2O3S/c15-11(16)6-10-8-18-5-4-14(10)12(17)9-2-1-3-13-7-9/h9-10,13H,1-8H2,(H,15,16)/t9-,10?/m1/s1. The lowest BCUT2D eigenvalue weighted by Crippen LogP contribution is -2.51. The van der Waals surface area contributed by atoms with Crippen molar-refractivity contribution in [3.63, 3.8) is 0 Å². The van der Waals surface area contributed by atoms with E-state index in [9.17, 15) is 9.59 Å². The van der Waals surface area contributed by atoms with Gasteiger partial charge >= 0.3 is 5.97 Å². The summed E-state index contributed by atoms with van der Waals surface area (Å²) in [4.78, 5) is 25.1. The highest BCUT2D eigenvalue weighted by Gasteiger charge is 2.33. The molecule has 2 rings (SSSR count). The van der Waals surface area contributed by atoms with Gasteiger partial charge in [-0.05, 0) is 19.4 Å². The highest BCUT2D eigenvalue weighted by Crippen LogP contribution is 2.23. The first-order chi connectivity index (χ1) is 8.68. The predicted molar refractivity (Wildman–Crippen MR) is 70.7 cm³/mol. The Balaban J connectivity index is 1.98. The summed E-state index contributed by atoms with van der Waals surface area (Å²) < 4.78 is 0. The number of nitrogens with zero attached hydrogens (tertiary/aromatic N) is 1. The fourth-order valence-electron chi connectivity index (χ4n) is 2.61. The van der Waals surface area contributed by atoms with E-state index < -0.39 is 5.97 Å². The van der Waals surface area contributed by atoms with Crippen LogP contribution in [0.3, 0.4) is 0 Å². The number of rotatable bonds is 3. The average Bonchev–Trinajstić information content (AvgIpc) is 2.39. The molecule has 0 aliphatic carbocycles. The minimum absolute atomic E-state index is 0.0399. The number of carbonyl (C=O) groups is 2. The van der Waals surface area contributed by atoms with E-state index in [1.165, 1.54) is 0 Å². The number of nitrogens with one attached hydrogen (secondary N) is 1. The van der Waals surface area contributed by atoms with E-state index in [2.05, 4.69) is 5.32 Å². The van der Waals surface area contributed by atoms with Gasteiger partial charge in [-0.2, -0.15) is 11.8 Å². The van der Waals surface area contributed by atoms with Crippen LogP contribution in [-0.4, -0.2) is 59.1 Å². The second-order valence-corrected chi connectivity index (χ2v) is 6.05. The molecule has 2 heterocycles. The van der Waals surface area contributed by atoms with Gasteiger partial charge in [0.1, 0.15) is 0 Å². The number of hydrogen-bond donors (Lipinski definition) is 2. The molecular weight excluding hydrogens is 252 g/mol. The van der Waals surface area contributed by atoms with Crippen LogP contribution in [0.5, 0.6) is 0 Å². The Morgan fingerprint density at radius 1 is 1.44 bits per heavy atom. The third-order valence-corrected chi connectivity index (χ3v) is 4.66. The molecule has 2 N–H and O–H groups in total. The van der Waals surface area contributed by atoms with Crippen LogP contribution < -0.4 is 5.32 Å². The summed E-state index contributed by atoms with van der Waals surface area (Å²) in [5.41, 5.74) is 0. The number of carbonyl (C=O) groups excluding carboxylic acids is 1. The number of carboxylic acid groups (broad SMARTS) is 1. The molecule has 2 saturated heterocycles.